The molecule has 0 saturated heterocycles. The molecule has 0 atom stereocenters. The number of hydrogen-bond donors (Lipinski definition) is 1. The van der Waals surface area contributed by atoms with Crippen LogP contribution >= 0.6 is 43.5 Å². The molecule has 0 aliphatic rings. The third kappa shape index (κ3) is 3.52. The average Bonchev–Trinajstić information content (AvgIpc) is 2.36. The summed E-state index contributed by atoms with van der Waals surface area (Å²) in [7, 11) is -3.90. The SMILES string of the molecule is O=S(=O)(Nc1ccc(Br)cc1Cl)c1ccc(Br)c(F)c1. The van der Waals surface area contributed by atoms with Crippen molar-refractivity contribution in [2.45, 2.75) is 4.90 Å². The van der Waals surface area contributed by atoms with Gasteiger partial charge in [0.2, 0.25) is 0 Å². The van der Waals surface area contributed by atoms with E-state index in [1.807, 2.05) is 0 Å². The van der Waals surface area contributed by atoms with Gasteiger partial charge in [-0.2, -0.15) is 0 Å². The number of halogens is 4. The van der Waals surface area contributed by atoms with E-state index in [1.54, 1.807) is 12.1 Å². The Balaban J connectivity index is 2.38. The van der Waals surface area contributed by atoms with Gasteiger partial charge in [-0.3, -0.25) is 4.72 Å². The molecule has 0 saturated carbocycles. The Labute approximate surface area is 137 Å². The number of hydrogen-bond acceptors (Lipinski definition) is 2. The summed E-state index contributed by atoms with van der Waals surface area (Å²) in [5.74, 6) is -0.658. The van der Waals surface area contributed by atoms with Crippen molar-refractivity contribution in [1.29, 1.82) is 0 Å². The van der Waals surface area contributed by atoms with Gasteiger partial charge in [0.1, 0.15) is 5.82 Å². The summed E-state index contributed by atoms with van der Waals surface area (Å²) in [6.45, 7) is 0. The molecule has 8 heteroatoms. The number of anilines is 1. The molecule has 0 aliphatic heterocycles. The van der Waals surface area contributed by atoms with Gasteiger partial charge >= 0.3 is 0 Å². The summed E-state index contributed by atoms with van der Waals surface area (Å²) in [6, 6.07) is 8.27. The Morgan fingerprint density at radius 1 is 1.10 bits per heavy atom. The lowest BCUT2D eigenvalue weighted by Crippen LogP contribution is -2.13. The number of benzene rings is 2. The van der Waals surface area contributed by atoms with Gasteiger partial charge in [-0.05, 0) is 52.3 Å². The largest absolute Gasteiger partial charge is 0.278 e. The molecule has 0 unspecified atom stereocenters. The summed E-state index contributed by atoms with van der Waals surface area (Å²) in [5.41, 5.74) is 0.221. The fraction of sp³-hybridized carbons (Fsp3) is 0. The number of sulfonamides is 1. The van der Waals surface area contributed by atoms with Crippen molar-refractivity contribution in [2.24, 2.45) is 0 Å². The highest BCUT2D eigenvalue weighted by molar-refractivity contribution is 9.10. The molecule has 0 aromatic heterocycles. The second kappa shape index (κ2) is 6.01. The molecule has 106 valence electrons. The molecule has 0 amide bonds. The lowest BCUT2D eigenvalue weighted by atomic mass is 10.3. The minimum atomic E-state index is -3.90. The van der Waals surface area contributed by atoms with Crippen LogP contribution in [0.2, 0.25) is 5.02 Å². The van der Waals surface area contributed by atoms with E-state index in [-0.39, 0.29) is 20.1 Å². The summed E-state index contributed by atoms with van der Waals surface area (Å²) in [6.07, 6.45) is 0. The second-order valence-corrected chi connectivity index (χ2v) is 7.67. The first kappa shape index (κ1) is 15.8. The number of rotatable bonds is 3. The molecule has 0 heterocycles. The third-order valence-corrected chi connectivity index (χ3v) is 5.19. The maximum atomic E-state index is 13.4. The molecule has 0 aliphatic carbocycles. The Morgan fingerprint density at radius 3 is 2.40 bits per heavy atom. The van der Waals surface area contributed by atoms with Crippen LogP contribution in [0.15, 0.2) is 50.2 Å². The lowest BCUT2D eigenvalue weighted by Gasteiger charge is -2.10. The zero-order chi connectivity index (χ0) is 14.9. The van der Waals surface area contributed by atoms with Crippen molar-refractivity contribution >= 4 is 59.2 Å². The molecule has 2 aromatic carbocycles. The van der Waals surface area contributed by atoms with Crippen molar-refractivity contribution in [3.63, 3.8) is 0 Å². The van der Waals surface area contributed by atoms with Gasteiger partial charge in [0.15, 0.2) is 0 Å². The topological polar surface area (TPSA) is 46.2 Å². The fourth-order valence-corrected chi connectivity index (χ4v) is 3.53. The molecule has 3 nitrogen and oxygen atoms in total. The minimum Gasteiger partial charge on any atom is -0.278 e. The molecule has 0 radical (unpaired) electrons. The highest BCUT2D eigenvalue weighted by atomic mass is 79.9. The molecule has 20 heavy (non-hydrogen) atoms. The zero-order valence-electron chi connectivity index (χ0n) is 9.70. The first-order valence-electron chi connectivity index (χ1n) is 5.22. The summed E-state index contributed by atoms with van der Waals surface area (Å²) < 4.78 is 40.9. The Kier molecular flexibility index (Phi) is 4.73. The summed E-state index contributed by atoms with van der Waals surface area (Å²) in [4.78, 5) is -0.183. The predicted octanol–water partition coefficient (Wildman–Crippen LogP) is 4.80. The van der Waals surface area contributed by atoms with Crippen LogP contribution in [0.4, 0.5) is 10.1 Å². The molecule has 0 bridgehead atoms. The molecule has 0 spiro atoms. The molecule has 2 rings (SSSR count). The lowest BCUT2D eigenvalue weighted by molar-refractivity contribution is 0.593. The van der Waals surface area contributed by atoms with Crippen LogP contribution in [0.25, 0.3) is 0 Å². The maximum Gasteiger partial charge on any atom is 0.262 e. The molecule has 1 N–H and O–H groups in total. The van der Waals surface area contributed by atoms with Crippen LogP contribution in [0.1, 0.15) is 0 Å². The van der Waals surface area contributed by atoms with Crippen LogP contribution in [-0.2, 0) is 10.0 Å². The van der Waals surface area contributed by atoms with Crippen LogP contribution in [0, 0.1) is 5.82 Å². The standard InChI is InChI=1S/C12H7Br2ClFNO2S/c13-7-1-4-12(10(15)5-7)17-20(18,19)8-2-3-9(14)11(16)6-8/h1-6,17H. The molecule has 0 fully saturated rings. The van der Waals surface area contributed by atoms with Crippen molar-refractivity contribution in [2.75, 3.05) is 4.72 Å². The van der Waals surface area contributed by atoms with E-state index in [1.165, 1.54) is 18.2 Å². The van der Waals surface area contributed by atoms with Gasteiger partial charge in [0.05, 0.1) is 20.1 Å². The molecule has 2 aromatic rings. The summed E-state index contributed by atoms with van der Waals surface area (Å²) >= 11 is 12.1. The van der Waals surface area contributed by atoms with E-state index < -0.39 is 15.8 Å². The molecular formula is C12H7Br2ClFNO2S. The van der Waals surface area contributed by atoms with E-state index >= 15 is 0 Å². The highest BCUT2D eigenvalue weighted by Crippen LogP contribution is 2.28. The predicted molar refractivity (Wildman–Crippen MR) is 84.1 cm³/mol. The highest BCUT2D eigenvalue weighted by Gasteiger charge is 2.17. The smallest absolute Gasteiger partial charge is 0.262 e. The van der Waals surface area contributed by atoms with Gasteiger partial charge in [-0.25, -0.2) is 12.8 Å². The van der Waals surface area contributed by atoms with E-state index in [4.69, 9.17) is 11.6 Å². The molecular weight excluding hydrogens is 436 g/mol. The van der Waals surface area contributed by atoms with Crippen LogP contribution in [0.5, 0.6) is 0 Å². The van der Waals surface area contributed by atoms with E-state index in [2.05, 4.69) is 36.6 Å². The second-order valence-electron chi connectivity index (χ2n) is 3.81. The van der Waals surface area contributed by atoms with Crippen LogP contribution in [0.3, 0.4) is 0 Å². The first-order chi connectivity index (χ1) is 9.29. The van der Waals surface area contributed by atoms with E-state index in [0.717, 1.165) is 10.5 Å². The van der Waals surface area contributed by atoms with Crippen LogP contribution in [-0.4, -0.2) is 8.42 Å². The summed E-state index contributed by atoms with van der Waals surface area (Å²) in [5, 5.41) is 0.237. The van der Waals surface area contributed by atoms with Crippen molar-refractivity contribution in [1.82, 2.24) is 0 Å². The van der Waals surface area contributed by atoms with Gasteiger partial charge in [-0.15, -0.1) is 0 Å². The van der Waals surface area contributed by atoms with Crippen molar-refractivity contribution in [3.8, 4) is 0 Å². The Hall–Kier alpha value is -0.630. The zero-order valence-corrected chi connectivity index (χ0v) is 14.4. The van der Waals surface area contributed by atoms with E-state index in [0.29, 0.717) is 0 Å². The van der Waals surface area contributed by atoms with Gasteiger partial charge in [0, 0.05) is 4.47 Å². The van der Waals surface area contributed by atoms with Crippen molar-refractivity contribution in [3.05, 3.63) is 56.2 Å². The van der Waals surface area contributed by atoms with Gasteiger partial charge < -0.3 is 0 Å². The average molecular weight is 444 g/mol. The fourth-order valence-electron chi connectivity index (χ4n) is 1.42. The van der Waals surface area contributed by atoms with Gasteiger partial charge in [0.25, 0.3) is 10.0 Å². The van der Waals surface area contributed by atoms with Crippen LogP contribution < -0.4 is 4.72 Å². The van der Waals surface area contributed by atoms with E-state index in [9.17, 15) is 12.8 Å². The first-order valence-corrected chi connectivity index (χ1v) is 8.67. The minimum absolute atomic E-state index is 0.183. The maximum absolute atomic E-state index is 13.4. The quantitative estimate of drug-likeness (QED) is 0.741. The monoisotopic (exact) mass is 441 g/mol. The Bertz CT molecular complexity index is 768. The normalized spacial score (nSPS) is 11.4. The number of nitrogens with one attached hydrogen (secondary N) is 1. The van der Waals surface area contributed by atoms with Crippen molar-refractivity contribution < 1.29 is 12.8 Å². The Morgan fingerprint density at radius 2 is 1.80 bits per heavy atom. The third-order valence-electron chi connectivity index (χ3n) is 2.38. The van der Waals surface area contributed by atoms with Gasteiger partial charge in [-0.1, -0.05) is 27.5 Å².